The highest BCUT2D eigenvalue weighted by molar-refractivity contribution is 7.10. The molecule has 0 saturated carbocycles. The molecule has 0 aliphatic carbocycles. The second-order valence-corrected chi connectivity index (χ2v) is 8.22. The smallest absolute Gasteiger partial charge is 0.267 e. The molecule has 1 unspecified atom stereocenters. The first-order valence-electron chi connectivity index (χ1n) is 9.84. The SMILES string of the molecule is CC1Oc2cc(NC(=O)Cc3cccs3)ccc2N(CCN2CCOCC2)C1=O. The molecule has 0 bridgehead atoms. The minimum atomic E-state index is -0.552. The van der Waals surface area contributed by atoms with Crippen LogP contribution in [0.25, 0.3) is 0 Å². The van der Waals surface area contributed by atoms with Gasteiger partial charge in [-0.05, 0) is 30.5 Å². The zero-order valence-corrected chi connectivity index (χ0v) is 17.2. The van der Waals surface area contributed by atoms with Gasteiger partial charge < -0.3 is 19.7 Å². The van der Waals surface area contributed by atoms with Gasteiger partial charge in [-0.25, -0.2) is 0 Å². The van der Waals surface area contributed by atoms with E-state index in [0.29, 0.717) is 24.4 Å². The fraction of sp³-hybridized carbons (Fsp3) is 0.429. The number of carbonyl (C=O) groups excluding carboxylic acids is 2. The Morgan fingerprint density at radius 1 is 1.24 bits per heavy atom. The highest BCUT2D eigenvalue weighted by Crippen LogP contribution is 2.36. The first kappa shape index (κ1) is 19.9. The monoisotopic (exact) mass is 415 g/mol. The number of amides is 2. The van der Waals surface area contributed by atoms with Crippen LogP contribution in [0.5, 0.6) is 5.75 Å². The summed E-state index contributed by atoms with van der Waals surface area (Å²) < 4.78 is 11.2. The van der Waals surface area contributed by atoms with Crippen molar-refractivity contribution in [2.75, 3.05) is 49.6 Å². The molecule has 4 rings (SSSR count). The Balaban J connectivity index is 1.44. The van der Waals surface area contributed by atoms with E-state index < -0.39 is 6.10 Å². The minimum absolute atomic E-state index is 0.0414. The third-order valence-electron chi connectivity index (χ3n) is 5.11. The number of hydrogen-bond acceptors (Lipinski definition) is 6. The third kappa shape index (κ3) is 4.77. The van der Waals surface area contributed by atoms with Gasteiger partial charge in [-0.2, -0.15) is 0 Å². The van der Waals surface area contributed by atoms with E-state index in [0.717, 1.165) is 43.4 Å². The molecule has 1 atom stereocenters. The molecule has 1 N–H and O–H groups in total. The lowest BCUT2D eigenvalue weighted by atomic mass is 10.1. The van der Waals surface area contributed by atoms with E-state index in [4.69, 9.17) is 9.47 Å². The summed E-state index contributed by atoms with van der Waals surface area (Å²) in [6.07, 6.45) is -0.208. The summed E-state index contributed by atoms with van der Waals surface area (Å²) in [6, 6.07) is 9.34. The Kier molecular flexibility index (Phi) is 6.13. The summed E-state index contributed by atoms with van der Waals surface area (Å²) in [7, 11) is 0. The topological polar surface area (TPSA) is 71.1 Å². The number of carbonyl (C=O) groups is 2. The first-order chi connectivity index (χ1) is 14.1. The molecular weight excluding hydrogens is 390 g/mol. The van der Waals surface area contributed by atoms with Gasteiger partial charge in [0.05, 0.1) is 25.3 Å². The maximum atomic E-state index is 12.7. The molecule has 1 fully saturated rings. The number of anilines is 2. The second kappa shape index (κ2) is 8.94. The van der Waals surface area contributed by atoms with Crippen LogP contribution < -0.4 is 15.0 Å². The van der Waals surface area contributed by atoms with Crippen molar-refractivity contribution in [2.24, 2.45) is 0 Å². The minimum Gasteiger partial charge on any atom is -0.479 e. The number of nitrogens with one attached hydrogen (secondary N) is 1. The zero-order chi connectivity index (χ0) is 20.2. The molecule has 0 spiro atoms. The normalized spacial score (nSPS) is 19.6. The Hall–Kier alpha value is -2.42. The van der Waals surface area contributed by atoms with Gasteiger partial charge in [-0.15, -0.1) is 11.3 Å². The summed E-state index contributed by atoms with van der Waals surface area (Å²) in [4.78, 5) is 30.1. The average molecular weight is 416 g/mol. The summed E-state index contributed by atoms with van der Waals surface area (Å²) in [5.41, 5.74) is 1.41. The Morgan fingerprint density at radius 2 is 2.07 bits per heavy atom. The summed E-state index contributed by atoms with van der Waals surface area (Å²) in [6.45, 7) is 6.39. The van der Waals surface area contributed by atoms with Crippen molar-refractivity contribution >= 4 is 34.5 Å². The quantitative estimate of drug-likeness (QED) is 0.784. The molecule has 29 heavy (non-hydrogen) atoms. The molecule has 1 saturated heterocycles. The van der Waals surface area contributed by atoms with Gasteiger partial charge in [0.25, 0.3) is 5.91 Å². The summed E-state index contributed by atoms with van der Waals surface area (Å²) >= 11 is 1.56. The van der Waals surface area contributed by atoms with Crippen LogP contribution in [0.1, 0.15) is 11.8 Å². The molecule has 1 aromatic heterocycles. The van der Waals surface area contributed by atoms with E-state index in [1.807, 2.05) is 29.6 Å². The van der Waals surface area contributed by atoms with Crippen LogP contribution in [0.2, 0.25) is 0 Å². The zero-order valence-electron chi connectivity index (χ0n) is 16.4. The van der Waals surface area contributed by atoms with E-state index in [2.05, 4.69) is 10.2 Å². The molecule has 2 amide bonds. The van der Waals surface area contributed by atoms with Crippen LogP contribution in [-0.2, 0) is 20.7 Å². The molecule has 8 heteroatoms. The molecular formula is C21H25N3O4S. The molecule has 3 heterocycles. The third-order valence-corrected chi connectivity index (χ3v) is 5.99. The Bertz CT molecular complexity index is 865. The number of benzene rings is 1. The second-order valence-electron chi connectivity index (χ2n) is 7.19. The fourth-order valence-electron chi connectivity index (χ4n) is 3.56. The summed E-state index contributed by atoms with van der Waals surface area (Å²) in [5, 5.41) is 4.87. The van der Waals surface area contributed by atoms with Gasteiger partial charge in [0.2, 0.25) is 5.91 Å². The largest absolute Gasteiger partial charge is 0.479 e. The van der Waals surface area contributed by atoms with Crippen molar-refractivity contribution in [3.05, 3.63) is 40.6 Å². The van der Waals surface area contributed by atoms with Crippen LogP contribution in [-0.4, -0.2) is 62.2 Å². The number of hydrogen-bond donors (Lipinski definition) is 1. The van der Waals surface area contributed by atoms with Crippen LogP contribution >= 0.6 is 11.3 Å². The van der Waals surface area contributed by atoms with Crippen molar-refractivity contribution in [1.29, 1.82) is 0 Å². The lowest BCUT2D eigenvalue weighted by Crippen LogP contribution is -2.48. The van der Waals surface area contributed by atoms with Crippen molar-refractivity contribution in [3.63, 3.8) is 0 Å². The number of thiophene rings is 1. The number of nitrogens with zero attached hydrogens (tertiary/aromatic N) is 2. The van der Waals surface area contributed by atoms with Gasteiger partial charge in [-0.3, -0.25) is 14.5 Å². The predicted molar refractivity (Wildman–Crippen MR) is 113 cm³/mol. The van der Waals surface area contributed by atoms with Crippen molar-refractivity contribution in [2.45, 2.75) is 19.4 Å². The van der Waals surface area contributed by atoms with Crippen molar-refractivity contribution < 1.29 is 19.1 Å². The van der Waals surface area contributed by atoms with Gasteiger partial charge in [0, 0.05) is 42.8 Å². The standard InChI is InChI=1S/C21H25N3O4S/c1-15-21(26)24(7-6-23-8-10-27-11-9-23)18-5-4-16(13-19(18)28-15)22-20(25)14-17-3-2-12-29-17/h2-5,12-13,15H,6-11,14H2,1H3,(H,22,25). The summed E-state index contributed by atoms with van der Waals surface area (Å²) in [5.74, 6) is 0.504. The molecule has 0 radical (unpaired) electrons. The Labute approximate surface area is 174 Å². The fourth-order valence-corrected chi connectivity index (χ4v) is 4.27. The molecule has 1 aromatic carbocycles. The van der Waals surface area contributed by atoms with Crippen LogP contribution in [0.15, 0.2) is 35.7 Å². The predicted octanol–water partition coefficient (Wildman–Crippen LogP) is 2.38. The van der Waals surface area contributed by atoms with E-state index in [9.17, 15) is 9.59 Å². The van der Waals surface area contributed by atoms with Gasteiger partial charge in [0.15, 0.2) is 6.10 Å². The van der Waals surface area contributed by atoms with Gasteiger partial charge in [0.1, 0.15) is 5.75 Å². The number of ether oxygens (including phenoxy) is 2. The van der Waals surface area contributed by atoms with E-state index in [1.54, 1.807) is 29.2 Å². The highest BCUT2D eigenvalue weighted by Gasteiger charge is 2.32. The lowest BCUT2D eigenvalue weighted by molar-refractivity contribution is -0.125. The lowest BCUT2D eigenvalue weighted by Gasteiger charge is -2.35. The molecule has 2 aromatic rings. The highest BCUT2D eigenvalue weighted by atomic mass is 32.1. The van der Waals surface area contributed by atoms with E-state index >= 15 is 0 Å². The van der Waals surface area contributed by atoms with E-state index in [1.165, 1.54) is 0 Å². The average Bonchev–Trinajstić information content (AvgIpc) is 3.22. The Morgan fingerprint density at radius 3 is 2.83 bits per heavy atom. The van der Waals surface area contributed by atoms with Crippen molar-refractivity contribution in [1.82, 2.24) is 4.90 Å². The molecule has 2 aliphatic rings. The van der Waals surface area contributed by atoms with Gasteiger partial charge >= 0.3 is 0 Å². The molecule has 7 nitrogen and oxygen atoms in total. The van der Waals surface area contributed by atoms with Gasteiger partial charge in [-0.1, -0.05) is 6.07 Å². The maximum absolute atomic E-state index is 12.7. The molecule has 154 valence electrons. The maximum Gasteiger partial charge on any atom is 0.267 e. The van der Waals surface area contributed by atoms with Crippen LogP contribution in [0.4, 0.5) is 11.4 Å². The van der Waals surface area contributed by atoms with Crippen LogP contribution in [0.3, 0.4) is 0 Å². The first-order valence-corrected chi connectivity index (χ1v) is 10.7. The number of morpholine rings is 1. The van der Waals surface area contributed by atoms with Crippen molar-refractivity contribution in [3.8, 4) is 5.75 Å². The van der Waals surface area contributed by atoms with Crippen LogP contribution in [0, 0.1) is 0 Å². The number of fused-ring (bicyclic) bond motifs is 1. The van der Waals surface area contributed by atoms with E-state index in [-0.39, 0.29) is 11.8 Å². The number of rotatable bonds is 6. The molecule has 2 aliphatic heterocycles.